The van der Waals surface area contributed by atoms with Crippen LogP contribution in [0.1, 0.15) is 13.3 Å². The van der Waals surface area contributed by atoms with Crippen molar-refractivity contribution in [2.75, 3.05) is 26.2 Å². The van der Waals surface area contributed by atoms with Crippen LogP contribution < -0.4 is 5.32 Å². The fourth-order valence-corrected chi connectivity index (χ4v) is 1.45. The van der Waals surface area contributed by atoms with Crippen molar-refractivity contribution >= 4 is 12.1 Å². The second-order valence-electron chi connectivity index (χ2n) is 3.45. The van der Waals surface area contributed by atoms with Crippen molar-refractivity contribution in [1.29, 1.82) is 0 Å². The molecule has 1 amide bonds. The average molecular weight is 216 g/mol. The summed E-state index contributed by atoms with van der Waals surface area (Å²) >= 11 is 0. The van der Waals surface area contributed by atoms with Gasteiger partial charge in [0.15, 0.2) is 0 Å². The molecule has 15 heavy (non-hydrogen) atoms. The molecule has 1 aliphatic rings. The smallest absolute Gasteiger partial charge is 0.407 e. The largest absolute Gasteiger partial charge is 0.481 e. The van der Waals surface area contributed by atoms with Crippen LogP contribution in [0.2, 0.25) is 0 Å². The summed E-state index contributed by atoms with van der Waals surface area (Å²) in [6.07, 6.45) is -0.442. The van der Waals surface area contributed by atoms with Gasteiger partial charge in [0.25, 0.3) is 0 Å². The number of nitrogens with one attached hydrogen (secondary N) is 1. The molecule has 0 radical (unpaired) electrons. The number of cyclic esters (lactones) is 1. The van der Waals surface area contributed by atoms with Crippen LogP contribution in [-0.4, -0.2) is 54.4 Å². The number of alkyl carbamates (subject to hydrolysis) is 1. The van der Waals surface area contributed by atoms with Crippen molar-refractivity contribution in [2.45, 2.75) is 19.4 Å². The van der Waals surface area contributed by atoms with Gasteiger partial charge in [-0.1, -0.05) is 6.92 Å². The highest BCUT2D eigenvalue weighted by molar-refractivity contribution is 5.69. The van der Waals surface area contributed by atoms with E-state index in [1.165, 1.54) is 0 Å². The maximum absolute atomic E-state index is 10.7. The van der Waals surface area contributed by atoms with Gasteiger partial charge in [-0.3, -0.25) is 9.69 Å². The maximum atomic E-state index is 10.7. The Morgan fingerprint density at radius 3 is 2.93 bits per heavy atom. The molecule has 1 aliphatic heterocycles. The lowest BCUT2D eigenvalue weighted by molar-refractivity contribution is -0.137. The normalized spacial score (nSPS) is 20.1. The van der Waals surface area contributed by atoms with Crippen molar-refractivity contribution in [3.8, 4) is 0 Å². The first-order valence-electron chi connectivity index (χ1n) is 5.00. The number of carbonyl (C=O) groups is 2. The number of nitrogens with zero attached hydrogens (tertiary/aromatic N) is 1. The van der Waals surface area contributed by atoms with E-state index in [4.69, 9.17) is 9.84 Å². The third-order valence-electron chi connectivity index (χ3n) is 2.30. The molecule has 0 bridgehead atoms. The third kappa shape index (κ3) is 4.16. The average Bonchev–Trinajstić information content (AvgIpc) is 2.58. The van der Waals surface area contributed by atoms with Gasteiger partial charge in [-0.15, -0.1) is 0 Å². The predicted octanol–water partition coefficient (Wildman–Crippen LogP) is -0.109. The summed E-state index contributed by atoms with van der Waals surface area (Å²) in [6.45, 7) is 4.28. The summed E-state index contributed by atoms with van der Waals surface area (Å²) < 4.78 is 4.96. The van der Waals surface area contributed by atoms with E-state index in [9.17, 15) is 9.59 Å². The zero-order valence-electron chi connectivity index (χ0n) is 8.73. The second kappa shape index (κ2) is 5.55. The molecule has 1 heterocycles. The highest BCUT2D eigenvalue weighted by Crippen LogP contribution is 2.03. The lowest BCUT2D eigenvalue weighted by atomic mass is 10.3. The number of hydrogen-bond donors (Lipinski definition) is 2. The number of ether oxygens (including phenoxy) is 1. The van der Waals surface area contributed by atoms with Gasteiger partial charge >= 0.3 is 12.1 Å². The van der Waals surface area contributed by atoms with Crippen molar-refractivity contribution in [1.82, 2.24) is 10.2 Å². The number of carboxylic acids is 1. The van der Waals surface area contributed by atoms with Crippen LogP contribution in [0.4, 0.5) is 4.79 Å². The molecule has 1 atom stereocenters. The fraction of sp³-hybridized carbons (Fsp3) is 0.778. The molecule has 0 spiro atoms. The van der Waals surface area contributed by atoms with Gasteiger partial charge in [0.05, 0.1) is 13.0 Å². The van der Waals surface area contributed by atoms with Gasteiger partial charge in [0.1, 0.15) is 6.10 Å². The molecule has 1 rings (SSSR count). The molecule has 0 aromatic rings. The molecule has 6 nitrogen and oxygen atoms in total. The van der Waals surface area contributed by atoms with Crippen LogP contribution in [-0.2, 0) is 9.53 Å². The van der Waals surface area contributed by atoms with E-state index < -0.39 is 12.1 Å². The minimum atomic E-state index is -0.810. The lowest BCUT2D eigenvalue weighted by Crippen LogP contribution is -2.35. The lowest BCUT2D eigenvalue weighted by Gasteiger charge is -2.21. The molecular formula is C9H16N2O4. The minimum Gasteiger partial charge on any atom is -0.481 e. The van der Waals surface area contributed by atoms with E-state index in [2.05, 4.69) is 5.32 Å². The fourth-order valence-electron chi connectivity index (χ4n) is 1.45. The van der Waals surface area contributed by atoms with Crippen molar-refractivity contribution in [3.05, 3.63) is 0 Å². The van der Waals surface area contributed by atoms with Gasteiger partial charge in [0.2, 0.25) is 0 Å². The number of rotatable bonds is 6. The third-order valence-corrected chi connectivity index (χ3v) is 2.30. The van der Waals surface area contributed by atoms with E-state index >= 15 is 0 Å². The monoisotopic (exact) mass is 216 g/mol. The van der Waals surface area contributed by atoms with Crippen LogP contribution in [0.25, 0.3) is 0 Å². The van der Waals surface area contributed by atoms with Crippen LogP contribution in [0.5, 0.6) is 0 Å². The molecule has 0 aliphatic carbocycles. The van der Waals surface area contributed by atoms with Gasteiger partial charge in [-0.2, -0.15) is 0 Å². The molecule has 1 unspecified atom stereocenters. The van der Waals surface area contributed by atoms with Crippen molar-refractivity contribution < 1.29 is 19.4 Å². The molecule has 0 aromatic carbocycles. The topological polar surface area (TPSA) is 78.9 Å². The molecule has 1 fully saturated rings. The molecule has 86 valence electrons. The molecule has 0 aromatic heterocycles. The summed E-state index contributed by atoms with van der Waals surface area (Å²) in [5, 5.41) is 11.1. The highest BCUT2D eigenvalue weighted by atomic mass is 16.6. The first-order chi connectivity index (χ1) is 7.11. The molecule has 6 heteroatoms. The quantitative estimate of drug-likeness (QED) is 0.647. The van der Waals surface area contributed by atoms with Crippen LogP contribution >= 0.6 is 0 Å². The Morgan fingerprint density at radius 2 is 2.47 bits per heavy atom. The Hall–Kier alpha value is -1.30. The summed E-state index contributed by atoms with van der Waals surface area (Å²) in [7, 11) is 0. The Labute approximate surface area is 88.2 Å². The summed E-state index contributed by atoms with van der Waals surface area (Å²) in [5.41, 5.74) is 0. The number of amides is 1. The second-order valence-corrected chi connectivity index (χ2v) is 3.45. The summed E-state index contributed by atoms with van der Waals surface area (Å²) in [6, 6.07) is 0. The molecule has 1 saturated heterocycles. The first-order valence-corrected chi connectivity index (χ1v) is 5.00. The van der Waals surface area contributed by atoms with Crippen molar-refractivity contribution in [3.63, 3.8) is 0 Å². The predicted molar refractivity (Wildman–Crippen MR) is 52.6 cm³/mol. The van der Waals surface area contributed by atoms with E-state index in [1.54, 1.807) is 0 Å². The van der Waals surface area contributed by atoms with Gasteiger partial charge in [-0.05, 0) is 6.54 Å². The minimum absolute atomic E-state index is 0.113. The standard InChI is InChI=1S/C9H16N2O4/c1-2-11(4-3-8(12)13)6-7-5-10-9(14)15-7/h7H,2-6H2,1H3,(H,10,14)(H,12,13). The van der Waals surface area contributed by atoms with Crippen molar-refractivity contribution in [2.24, 2.45) is 0 Å². The Bertz CT molecular complexity index is 244. The van der Waals surface area contributed by atoms with E-state index in [0.29, 0.717) is 19.6 Å². The summed E-state index contributed by atoms with van der Waals surface area (Å²) in [4.78, 5) is 23.1. The number of carbonyl (C=O) groups excluding carboxylic acids is 1. The Kier molecular flexibility index (Phi) is 4.36. The molecular weight excluding hydrogens is 200 g/mol. The van der Waals surface area contributed by atoms with Gasteiger partial charge in [0, 0.05) is 13.1 Å². The number of carboxylic acid groups (broad SMARTS) is 1. The highest BCUT2D eigenvalue weighted by Gasteiger charge is 2.24. The SMILES string of the molecule is CCN(CCC(=O)O)CC1CNC(=O)O1. The van der Waals surface area contributed by atoms with Crippen LogP contribution in [0.3, 0.4) is 0 Å². The number of likely N-dealkylation sites (N-methyl/N-ethyl adjacent to an activating group) is 1. The van der Waals surface area contributed by atoms with E-state index in [1.807, 2.05) is 11.8 Å². The van der Waals surface area contributed by atoms with Crippen LogP contribution in [0.15, 0.2) is 0 Å². The zero-order valence-corrected chi connectivity index (χ0v) is 8.73. The summed E-state index contributed by atoms with van der Waals surface area (Å²) in [5.74, 6) is -0.810. The van der Waals surface area contributed by atoms with Gasteiger partial charge in [-0.25, -0.2) is 4.79 Å². The number of aliphatic carboxylic acids is 1. The first kappa shape index (κ1) is 11.8. The number of hydrogen-bond acceptors (Lipinski definition) is 4. The van der Waals surface area contributed by atoms with Gasteiger partial charge < -0.3 is 15.2 Å². The Morgan fingerprint density at radius 1 is 1.73 bits per heavy atom. The zero-order chi connectivity index (χ0) is 11.3. The molecule has 2 N–H and O–H groups in total. The molecule has 0 saturated carbocycles. The van der Waals surface area contributed by atoms with E-state index in [-0.39, 0.29) is 12.5 Å². The van der Waals surface area contributed by atoms with E-state index in [0.717, 1.165) is 6.54 Å². The maximum Gasteiger partial charge on any atom is 0.407 e. The van der Waals surface area contributed by atoms with Crippen LogP contribution in [0, 0.1) is 0 Å². The Balaban J connectivity index is 2.26.